The van der Waals surface area contributed by atoms with Crippen LogP contribution in [0.1, 0.15) is 23.2 Å². The molecular weight excluding hydrogens is 328 g/mol. The van der Waals surface area contributed by atoms with Crippen LogP contribution in [0.2, 0.25) is 5.02 Å². The number of nitrogens with zero attached hydrogens (tertiary/aromatic N) is 1. The van der Waals surface area contributed by atoms with Gasteiger partial charge in [-0.05, 0) is 42.9 Å². The molecule has 3 rings (SSSR count). The summed E-state index contributed by atoms with van der Waals surface area (Å²) in [5, 5.41) is 0.578. The smallest absolute Gasteiger partial charge is 0.253 e. The van der Waals surface area contributed by atoms with Gasteiger partial charge in [0.25, 0.3) is 5.91 Å². The van der Waals surface area contributed by atoms with E-state index in [9.17, 15) is 4.79 Å². The Morgan fingerprint density at radius 1 is 1.32 bits per heavy atom. The molecular formula is C14H16BrClN2O. The highest BCUT2D eigenvalue weighted by molar-refractivity contribution is 9.10. The number of likely N-dealkylation sites (tertiary alicyclic amines) is 1. The maximum Gasteiger partial charge on any atom is 0.253 e. The maximum atomic E-state index is 12.5. The number of fused-ring (bicyclic) bond motifs is 1. The predicted molar refractivity (Wildman–Crippen MR) is 79.2 cm³/mol. The highest BCUT2D eigenvalue weighted by Crippen LogP contribution is 2.37. The van der Waals surface area contributed by atoms with Crippen LogP contribution in [0, 0.1) is 11.8 Å². The fraction of sp³-hybridized carbons (Fsp3) is 0.500. The van der Waals surface area contributed by atoms with Crippen LogP contribution in [0.25, 0.3) is 0 Å². The number of halogens is 2. The van der Waals surface area contributed by atoms with E-state index >= 15 is 0 Å². The van der Waals surface area contributed by atoms with Gasteiger partial charge < -0.3 is 10.6 Å². The molecule has 19 heavy (non-hydrogen) atoms. The molecule has 1 aromatic carbocycles. The Labute approximate surface area is 126 Å². The van der Waals surface area contributed by atoms with Gasteiger partial charge in [0.2, 0.25) is 0 Å². The summed E-state index contributed by atoms with van der Waals surface area (Å²) in [7, 11) is 0. The van der Waals surface area contributed by atoms with E-state index in [2.05, 4.69) is 15.9 Å². The Kier molecular flexibility index (Phi) is 3.58. The normalized spacial score (nSPS) is 29.6. The van der Waals surface area contributed by atoms with Gasteiger partial charge in [-0.2, -0.15) is 0 Å². The Hall–Kier alpha value is -0.580. The number of nitrogens with two attached hydrogens (primary N) is 1. The van der Waals surface area contributed by atoms with Crippen LogP contribution < -0.4 is 5.73 Å². The Morgan fingerprint density at radius 2 is 2.11 bits per heavy atom. The van der Waals surface area contributed by atoms with Gasteiger partial charge in [-0.1, -0.05) is 27.5 Å². The molecule has 1 amide bonds. The summed E-state index contributed by atoms with van der Waals surface area (Å²) in [6, 6.07) is 5.59. The molecule has 1 saturated heterocycles. The molecule has 1 aromatic rings. The predicted octanol–water partition coefficient (Wildman–Crippen LogP) is 2.91. The van der Waals surface area contributed by atoms with Crippen LogP contribution in [0.15, 0.2) is 22.7 Å². The minimum Gasteiger partial charge on any atom is -0.338 e. The van der Waals surface area contributed by atoms with Gasteiger partial charge >= 0.3 is 0 Å². The third kappa shape index (κ3) is 2.54. The molecule has 5 heteroatoms. The third-order valence-electron chi connectivity index (χ3n) is 4.31. The van der Waals surface area contributed by atoms with Crippen molar-refractivity contribution in [3.05, 3.63) is 33.3 Å². The first-order valence-electron chi connectivity index (χ1n) is 6.55. The van der Waals surface area contributed by atoms with E-state index in [1.54, 1.807) is 12.1 Å². The van der Waals surface area contributed by atoms with Gasteiger partial charge in [0, 0.05) is 34.2 Å². The van der Waals surface area contributed by atoms with Crippen molar-refractivity contribution >= 4 is 33.4 Å². The summed E-state index contributed by atoms with van der Waals surface area (Å²) in [6.07, 6.45) is 2.24. The lowest BCUT2D eigenvalue weighted by molar-refractivity contribution is 0.0779. The Balaban J connectivity index is 1.78. The molecule has 0 spiro atoms. The topological polar surface area (TPSA) is 46.3 Å². The lowest BCUT2D eigenvalue weighted by atomic mass is 9.98. The standard InChI is InChI=1S/C14H16BrClN2O/c15-10-3-9(4-11(16)5-10)14(19)18-6-8-1-2-13(17)12(8)7-18/h3-5,8,12-13H,1-2,6-7,17H2. The highest BCUT2D eigenvalue weighted by Gasteiger charge is 2.42. The van der Waals surface area contributed by atoms with Crippen molar-refractivity contribution in [1.82, 2.24) is 4.90 Å². The first-order valence-corrected chi connectivity index (χ1v) is 7.72. The molecule has 3 unspecified atom stereocenters. The number of hydrogen-bond donors (Lipinski definition) is 1. The van der Waals surface area contributed by atoms with E-state index in [0.717, 1.165) is 30.4 Å². The second kappa shape index (κ2) is 5.08. The number of amides is 1. The summed E-state index contributed by atoms with van der Waals surface area (Å²) >= 11 is 9.37. The number of rotatable bonds is 1. The lowest BCUT2D eigenvalue weighted by Gasteiger charge is -2.19. The minimum atomic E-state index is 0.0600. The summed E-state index contributed by atoms with van der Waals surface area (Å²) in [4.78, 5) is 14.4. The fourth-order valence-corrected chi connectivity index (χ4v) is 4.19. The molecule has 0 aromatic heterocycles. The van der Waals surface area contributed by atoms with E-state index in [1.807, 2.05) is 11.0 Å². The zero-order valence-electron chi connectivity index (χ0n) is 10.5. The van der Waals surface area contributed by atoms with Crippen molar-refractivity contribution in [3.63, 3.8) is 0 Å². The zero-order valence-corrected chi connectivity index (χ0v) is 12.8. The van der Waals surface area contributed by atoms with Gasteiger partial charge in [0.1, 0.15) is 0 Å². The molecule has 1 aliphatic heterocycles. The van der Waals surface area contributed by atoms with E-state index < -0.39 is 0 Å². The largest absolute Gasteiger partial charge is 0.338 e. The summed E-state index contributed by atoms with van der Waals surface area (Å²) in [5.41, 5.74) is 6.75. The quantitative estimate of drug-likeness (QED) is 0.852. The van der Waals surface area contributed by atoms with Crippen LogP contribution in [0.3, 0.4) is 0 Å². The maximum absolute atomic E-state index is 12.5. The molecule has 2 fully saturated rings. The monoisotopic (exact) mass is 342 g/mol. The van der Waals surface area contributed by atoms with Gasteiger partial charge in [0.15, 0.2) is 0 Å². The highest BCUT2D eigenvalue weighted by atomic mass is 79.9. The number of carbonyl (C=O) groups is 1. The average Bonchev–Trinajstić information content (AvgIpc) is 2.90. The van der Waals surface area contributed by atoms with Gasteiger partial charge in [-0.25, -0.2) is 0 Å². The van der Waals surface area contributed by atoms with Gasteiger partial charge in [0.05, 0.1) is 0 Å². The molecule has 0 bridgehead atoms. The molecule has 1 saturated carbocycles. The molecule has 3 atom stereocenters. The Bertz CT molecular complexity index is 502. The first-order chi connectivity index (χ1) is 9.04. The number of hydrogen-bond acceptors (Lipinski definition) is 2. The van der Waals surface area contributed by atoms with Crippen LogP contribution in [0.5, 0.6) is 0 Å². The summed E-state index contributed by atoms with van der Waals surface area (Å²) in [5.74, 6) is 1.12. The second-order valence-corrected chi connectivity index (χ2v) is 6.89. The third-order valence-corrected chi connectivity index (χ3v) is 4.99. The van der Waals surface area contributed by atoms with Crippen molar-refractivity contribution in [1.29, 1.82) is 0 Å². The van der Waals surface area contributed by atoms with Gasteiger partial charge in [-0.3, -0.25) is 4.79 Å². The van der Waals surface area contributed by atoms with E-state index in [4.69, 9.17) is 17.3 Å². The molecule has 1 aliphatic carbocycles. The number of carbonyl (C=O) groups excluding carboxylic acids is 1. The summed E-state index contributed by atoms with van der Waals surface area (Å²) in [6.45, 7) is 1.62. The van der Waals surface area contributed by atoms with Crippen LogP contribution in [-0.2, 0) is 0 Å². The van der Waals surface area contributed by atoms with Crippen molar-refractivity contribution in [2.24, 2.45) is 17.6 Å². The molecule has 3 nitrogen and oxygen atoms in total. The summed E-state index contributed by atoms with van der Waals surface area (Å²) < 4.78 is 0.833. The SMILES string of the molecule is NC1CCC2CN(C(=O)c3cc(Cl)cc(Br)c3)CC12. The first kappa shape index (κ1) is 13.4. The minimum absolute atomic E-state index is 0.0600. The molecule has 0 radical (unpaired) electrons. The van der Waals surface area contributed by atoms with Crippen LogP contribution in [0.4, 0.5) is 0 Å². The zero-order chi connectivity index (χ0) is 13.6. The Morgan fingerprint density at radius 3 is 2.79 bits per heavy atom. The van der Waals surface area contributed by atoms with Crippen LogP contribution in [-0.4, -0.2) is 29.9 Å². The lowest BCUT2D eigenvalue weighted by Crippen LogP contribution is -2.33. The molecule has 1 heterocycles. The second-order valence-electron chi connectivity index (χ2n) is 5.53. The average molecular weight is 344 g/mol. The van der Waals surface area contributed by atoms with Crippen molar-refractivity contribution in [2.75, 3.05) is 13.1 Å². The van der Waals surface area contributed by atoms with Gasteiger partial charge in [-0.15, -0.1) is 0 Å². The van der Waals surface area contributed by atoms with Crippen molar-refractivity contribution in [3.8, 4) is 0 Å². The molecule has 102 valence electrons. The van der Waals surface area contributed by atoms with E-state index in [-0.39, 0.29) is 11.9 Å². The van der Waals surface area contributed by atoms with Crippen LogP contribution >= 0.6 is 27.5 Å². The fourth-order valence-electron chi connectivity index (χ4n) is 3.33. The van der Waals surface area contributed by atoms with E-state index in [0.29, 0.717) is 22.4 Å². The van der Waals surface area contributed by atoms with E-state index in [1.165, 1.54) is 0 Å². The number of benzene rings is 1. The van der Waals surface area contributed by atoms with Crippen molar-refractivity contribution in [2.45, 2.75) is 18.9 Å². The van der Waals surface area contributed by atoms with Crippen molar-refractivity contribution < 1.29 is 4.79 Å². The molecule has 2 aliphatic rings. The molecule has 2 N–H and O–H groups in total.